The van der Waals surface area contributed by atoms with Crippen LogP contribution in [-0.4, -0.2) is 36.2 Å². The van der Waals surface area contributed by atoms with E-state index in [4.69, 9.17) is 4.74 Å². The molecule has 1 heterocycles. The van der Waals surface area contributed by atoms with Crippen molar-refractivity contribution in [2.24, 2.45) is 5.92 Å². The summed E-state index contributed by atoms with van der Waals surface area (Å²) < 4.78 is 5.36. The third kappa shape index (κ3) is 3.72. The third-order valence-corrected chi connectivity index (χ3v) is 4.83. The van der Waals surface area contributed by atoms with Gasteiger partial charge in [-0.25, -0.2) is 4.79 Å². The lowest BCUT2D eigenvalue weighted by Gasteiger charge is -2.28. The molecule has 1 aromatic carbocycles. The first kappa shape index (κ1) is 16.0. The first-order valence-electron chi connectivity index (χ1n) is 8.38. The lowest BCUT2D eigenvalue weighted by atomic mass is 9.90. The van der Waals surface area contributed by atoms with Crippen LogP contribution in [0.25, 0.3) is 0 Å². The average Bonchev–Trinajstić information content (AvgIpc) is 2.59. The van der Waals surface area contributed by atoms with Gasteiger partial charge in [0.1, 0.15) is 6.04 Å². The number of hydrogen-bond acceptors (Lipinski definition) is 3. The van der Waals surface area contributed by atoms with E-state index >= 15 is 0 Å². The Morgan fingerprint density at radius 3 is 2.65 bits per heavy atom. The predicted molar refractivity (Wildman–Crippen MR) is 85.5 cm³/mol. The van der Waals surface area contributed by atoms with Gasteiger partial charge in [-0.1, -0.05) is 6.07 Å². The number of fused-ring (bicyclic) bond motifs is 1. The Hall–Kier alpha value is -1.88. The minimum atomic E-state index is -0.994. The Labute approximate surface area is 136 Å². The van der Waals surface area contributed by atoms with Crippen molar-refractivity contribution in [3.05, 3.63) is 34.9 Å². The van der Waals surface area contributed by atoms with Gasteiger partial charge in [-0.15, -0.1) is 0 Å². The van der Waals surface area contributed by atoms with Gasteiger partial charge in [-0.3, -0.25) is 4.79 Å². The van der Waals surface area contributed by atoms with E-state index in [1.165, 1.54) is 17.5 Å². The molecule has 1 aromatic rings. The summed E-state index contributed by atoms with van der Waals surface area (Å²) in [6.45, 7) is 1.06. The molecule has 5 nitrogen and oxygen atoms in total. The first-order valence-corrected chi connectivity index (χ1v) is 8.38. The Bertz CT molecular complexity index is 593. The molecule has 2 atom stereocenters. The molecule has 1 aliphatic carbocycles. The second-order valence-corrected chi connectivity index (χ2v) is 6.46. The van der Waals surface area contributed by atoms with Crippen LogP contribution in [-0.2, 0) is 22.4 Å². The number of hydrogen-bond donors (Lipinski definition) is 2. The number of ether oxygens (including phenoxy) is 1. The number of rotatable bonds is 4. The molecule has 1 saturated heterocycles. The zero-order valence-electron chi connectivity index (χ0n) is 13.2. The summed E-state index contributed by atoms with van der Waals surface area (Å²) in [4.78, 5) is 24.0. The van der Waals surface area contributed by atoms with Crippen LogP contribution in [0.1, 0.15) is 47.2 Å². The van der Waals surface area contributed by atoms with Gasteiger partial charge in [0.2, 0.25) is 0 Å². The van der Waals surface area contributed by atoms with Gasteiger partial charge in [0.15, 0.2) is 0 Å². The maximum absolute atomic E-state index is 12.5. The minimum absolute atomic E-state index is 0.164. The summed E-state index contributed by atoms with van der Waals surface area (Å²) in [5.41, 5.74) is 3.08. The number of aliphatic carboxylic acids is 1. The highest BCUT2D eigenvalue weighted by Crippen LogP contribution is 2.23. The molecule has 0 bridgehead atoms. The second kappa shape index (κ2) is 7.13. The fourth-order valence-electron chi connectivity index (χ4n) is 3.51. The Morgan fingerprint density at radius 1 is 1.17 bits per heavy atom. The van der Waals surface area contributed by atoms with E-state index in [0.29, 0.717) is 18.8 Å². The standard InChI is InChI=1S/C18H23NO4/c20-17(14-8-7-12-4-1-2-5-13(12)10-14)19-16(18(21)22)15-6-3-9-23-11-15/h7-8,10,15-16H,1-6,9,11H2,(H,19,20)(H,21,22). The highest BCUT2D eigenvalue weighted by atomic mass is 16.5. The van der Waals surface area contributed by atoms with Crippen LogP contribution in [0.4, 0.5) is 0 Å². The molecule has 0 aromatic heterocycles. The van der Waals surface area contributed by atoms with E-state index in [-0.39, 0.29) is 11.8 Å². The summed E-state index contributed by atoms with van der Waals surface area (Å²) in [5, 5.41) is 12.1. The van der Waals surface area contributed by atoms with Crippen molar-refractivity contribution in [1.82, 2.24) is 5.32 Å². The summed E-state index contributed by atoms with van der Waals surface area (Å²) in [7, 11) is 0. The van der Waals surface area contributed by atoms with Crippen LogP contribution < -0.4 is 5.32 Å². The molecule has 1 aliphatic heterocycles. The van der Waals surface area contributed by atoms with Crippen LogP contribution in [0.15, 0.2) is 18.2 Å². The number of carbonyl (C=O) groups is 2. The van der Waals surface area contributed by atoms with E-state index in [0.717, 1.165) is 32.1 Å². The van der Waals surface area contributed by atoms with Crippen LogP contribution in [0.3, 0.4) is 0 Å². The summed E-state index contributed by atoms with van der Waals surface area (Å²) >= 11 is 0. The first-order chi connectivity index (χ1) is 11.1. The molecule has 0 spiro atoms. The van der Waals surface area contributed by atoms with Crippen molar-refractivity contribution < 1.29 is 19.4 Å². The van der Waals surface area contributed by atoms with E-state index in [1.54, 1.807) is 6.07 Å². The fraction of sp³-hybridized carbons (Fsp3) is 0.556. The fourth-order valence-corrected chi connectivity index (χ4v) is 3.51. The minimum Gasteiger partial charge on any atom is -0.480 e. The molecule has 2 unspecified atom stereocenters. The van der Waals surface area contributed by atoms with E-state index in [9.17, 15) is 14.7 Å². The maximum atomic E-state index is 12.5. The van der Waals surface area contributed by atoms with Gasteiger partial charge < -0.3 is 15.2 Å². The van der Waals surface area contributed by atoms with Crippen LogP contribution in [0.2, 0.25) is 0 Å². The Balaban J connectivity index is 1.72. The SMILES string of the molecule is O=C(NC(C(=O)O)C1CCCOC1)c1ccc2c(c1)CCCC2. The quantitative estimate of drug-likeness (QED) is 0.892. The molecule has 3 rings (SSSR count). The van der Waals surface area contributed by atoms with Crippen molar-refractivity contribution in [3.8, 4) is 0 Å². The third-order valence-electron chi connectivity index (χ3n) is 4.83. The van der Waals surface area contributed by atoms with Gasteiger partial charge in [-0.05, 0) is 61.8 Å². The van der Waals surface area contributed by atoms with Crippen molar-refractivity contribution in [3.63, 3.8) is 0 Å². The molecule has 0 saturated carbocycles. The lowest BCUT2D eigenvalue weighted by Crippen LogP contribution is -2.48. The van der Waals surface area contributed by atoms with Gasteiger partial charge >= 0.3 is 5.97 Å². The molecule has 2 aliphatic rings. The van der Waals surface area contributed by atoms with E-state index in [1.807, 2.05) is 12.1 Å². The van der Waals surface area contributed by atoms with Crippen molar-refractivity contribution >= 4 is 11.9 Å². The van der Waals surface area contributed by atoms with Gasteiger partial charge in [0, 0.05) is 18.1 Å². The van der Waals surface area contributed by atoms with Gasteiger partial charge in [0.05, 0.1) is 6.61 Å². The molecule has 0 radical (unpaired) electrons. The molecule has 1 amide bonds. The largest absolute Gasteiger partial charge is 0.480 e. The molecular weight excluding hydrogens is 294 g/mol. The molecule has 23 heavy (non-hydrogen) atoms. The molecular formula is C18H23NO4. The number of carbonyl (C=O) groups excluding carboxylic acids is 1. The smallest absolute Gasteiger partial charge is 0.326 e. The van der Waals surface area contributed by atoms with Gasteiger partial charge in [0.25, 0.3) is 5.91 Å². The highest BCUT2D eigenvalue weighted by Gasteiger charge is 2.31. The topological polar surface area (TPSA) is 75.6 Å². The zero-order valence-corrected chi connectivity index (χ0v) is 13.2. The van der Waals surface area contributed by atoms with Crippen molar-refractivity contribution in [2.45, 2.75) is 44.6 Å². The molecule has 5 heteroatoms. The summed E-state index contributed by atoms with van der Waals surface area (Å²) in [6, 6.07) is 4.83. The number of carboxylic acid groups (broad SMARTS) is 1. The zero-order chi connectivity index (χ0) is 16.2. The summed E-state index contributed by atoms with van der Waals surface area (Å²) in [6.07, 6.45) is 6.00. The number of aryl methyl sites for hydroxylation is 2. The molecule has 2 N–H and O–H groups in total. The molecule has 124 valence electrons. The number of carboxylic acids is 1. The maximum Gasteiger partial charge on any atom is 0.326 e. The monoisotopic (exact) mass is 317 g/mol. The average molecular weight is 317 g/mol. The Morgan fingerprint density at radius 2 is 1.96 bits per heavy atom. The Kier molecular flexibility index (Phi) is 4.96. The van der Waals surface area contributed by atoms with Crippen LogP contribution in [0.5, 0.6) is 0 Å². The van der Waals surface area contributed by atoms with Crippen molar-refractivity contribution in [1.29, 1.82) is 0 Å². The number of nitrogens with one attached hydrogen (secondary N) is 1. The summed E-state index contributed by atoms with van der Waals surface area (Å²) in [5.74, 6) is -1.47. The van der Waals surface area contributed by atoms with E-state index in [2.05, 4.69) is 5.32 Å². The lowest BCUT2D eigenvalue weighted by molar-refractivity contribution is -0.142. The molecule has 1 fully saturated rings. The van der Waals surface area contributed by atoms with E-state index < -0.39 is 12.0 Å². The second-order valence-electron chi connectivity index (χ2n) is 6.46. The van der Waals surface area contributed by atoms with Crippen LogP contribution in [0, 0.1) is 5.92 Å². The highest BCUT2D eigenvalue weighted by molar-refractivity contribution is 5.96. The predicted octanol–water partition coefficient (Wildman–Crippen LogP) is 2.17. The normalized spacial score (nSPS) is 22.0. The number of benzene rings is 1. The number of amides is 1. The van der Waals surface area contributed by atoms with Crippen molar-refractivity contribution in [2.75, 3.05) is 13.2 Å². The van der Waals surface area contributed by atoms with Gasteiger partial charge in [-0.2, -0.15) is 0 Å². The van der Waals surface area contributed by atoms with Crippen LogP contribution >= 0.6 is 0 Å².